The molecule has 0 unspecified atom stereocenters. The molecule has 0 fully saturated rings. The molecule has 2 heterocycles. The molecule has 0 bridgehead atoms. The summed E-state index contributed by atoms with van der Waals surface area (Å²) < 4.78 is 55.9. The van der Waals surface area contributed by atoms with E-state index in [4.69, 9.17) is 5.73 Å². The van der Waals surface area contributed by atoms with Gasteiger partial charge in [0.1, 0.15) is 23.0 Å². The predicted molar refractivity (Wildman–Crippen MR) is 93.6 cm³/mol. The highest BCUT2D eigenvalue weighted by Gasteiger charge is 2.28. The van der Waals surface area contributed by atoms with E-state index in [-0.39, 0.29) is 28.6 Å². The first-order valence-corrected chi connectivity index (χ1v) is 7.96. The van der Waals surface area contributed by atoms with Crippen molar-refractivity contribution >= 4 is 11.8 Å². The highest BCUT2D eigenvalue weighted by molar-refractivity contribution is 5.91. The Bertz CT molecular complexity index is 1040. The van der Waals surface area contributed by atoms with Crippen molar-refractivity contribution in [3.8, 4) is 28.4 Å². The summed E-state index contributed by atoms with van der Waals surface area (Å²) in [5.41, 5.74) is 4.80. The Morgan fingerprint density at radius 2 is 1.79 bits per heavy atom. The Labute approximate surface area is 160 Å². The minimum atomic E-state index is -4.48. The number of carboxylic acids is 1. The smallest absolute Gasteiger partial charge is 0.422 e. The Morgan fingerprint density at radius 1 is 1.10 bits per heavy atom. The van der Waals surface area contributed by atoms with Gasteiger partial charge in [0.15, 0.2) is 12.4 Å². The third-order valence-corrected chi connectivity index (χ3v) is 3.66. The zero-order valence-corrected chi connectivity index (χ0v) is 14.4. The van der Waals surface area contributed by atoms with Gasteiger partial charge >= 0.3 is 12.1 Å². The lowest BCUT2D eigenvalue weighted by atomic mass is 10.1. The van der Waals surface area contributed by atoms with E-state index in [0.717, 1.165) is 18.5 Å². The van der Waals surface area contributed by atoms with Crippen LogP contribution in [-0.2, 0) is 0 Å². The predicted octanol–water partition coefficient (Wildman–Crippen LogP) is 3.57. The second-order valence-corrected chi connectivity index (χ2v) is 5.78. The highest BCUT2D eigenvalue weighted by Crippen LogP contribution is 2.28. The van der Waals surface area contributed by atoms with Crippen molar-refractivity contribution in [1.82, 2.24) is 15.0 Å². The molecule has 7 nitrogen and oxygen atoms in total. The number of benzene rings is 1. The zero-order valence-electron chi connectivity index (χ0n) is 14.4. The number of nitrogen functional groups attached to an aromatic ring is 1. The second-order valence-electron chi connectivity index (χ2n) is 5.78. The Balaban J connectivity index is 2.01. The number of pyridine rings is 1. The molecule has 0 aliphatic heterocycles. The van der Waals surface area contributed by atoms with Gasteiger partial charge in [-0.1, -0.05) is 0 Å². The SMILES string of the molecule is Nc1cnc(-c2nc(-c3ccc(OCC(F)(F)F)cc3)cc(C(=O)O)c2F)cn1. The molecule has 0 saturated heterocycles. The number of ether oxygens (including phenoxy) is 1. The summed E-state index contributed by atoms with van der Waals surface area (Å²) in [6.45, 7) is -1.45. The summed E-state index contributed by atoms with van der Waals surface area (Å²) in [6, 6.07) is 6.27. The maximum absolute atomic E-state index is 14.6. The average Bonchev–Trinajstić information content (AvgIpc) is 2.67. The minimum Gasteiger partial charge on any atom is -0.484 e. The Morgan fingerprint density at radius 3 is 2.34 bits per heavy atom. The van der Waals surface area contributed by atoms with Crippen LogP contribution in [0, 0.1) is 5.82 Å². The molecule has 3 rings (SSSR count). The fraction of sp³-hybridized carbons (Fsp3) is 0.111. The third kappa shape index (κ3) is 4.75. The number of nitrogens with two attached hydrogens (primary N) is 1. The first-order valence-electron chi connectivity index (χ1n) is 7.96. The van der Waals surface area contributed by atoms with Crippen LogP contribution in [0.5, 0.6) is 5.75 Å². The van der Waals surface area contributed by atoms with E-state index < -0.39 is 30.1 Å². The quantitative estimate of drug-likeness (QED) is 0.621. The van der Waals surface area contributed by atoms with E-state index in [0.29, 0.717) is 5.56 Å². The van der Waals surface area contributed by atoms with Crippen molar-refractivity contribution in [3.05, 3.63) is 54.1 Å². The van der Waals surface area contributed by atoms with E-state index in [1.807, 2.05) is 0 Å². The fourth-order valence-electron chi connectivity index (χ4n) is 2.35. The number of hydrogen-bond donors (Lipinski definition) is 2. The van der Waals surface area contributed by atoms with Crippen LogP contribution in [0.1, 0.15) is 10.4 Å². The van der Waals surface area contributed by atoms with Gasteiger partial charge in [-0.15, -0.1) is 0 Å². The van der Waals surface area contributed by atoms with Crippen molar-refractivity contribution < 1.29 is 32.2 Å². The lowest BCUT2D eigenvalue weighted by Gasteiger charge is -2.11. The van der Waals surface area contributed by atoms with E-state index in [1.165, 1.54) is 24.3 Å². The van der Waals surface area contributed by atoms with Crippen LogP contribution >= 0.6 is 0 Å². The summed E-state index contributed by atoms with van der Waals surface area (Å²) in [5, 5.41) is 9.29. The summed E-state index contributed by atoms with van der Waals surface area (Å²) in [6.07, 6.45) is -2.18. The number of hydrogen-bond acceptors (Lipinski definition) is 6. The lowest BCUT2D eigenvalue weighted by molar-refractivity contribution is -0.153. The van der Waals surface area contributed by atoms with Gasteiger partial charge in [0.2, 0.25) is 0 Å². The second kappa shape index (κ2) is 7.70. The fourth-order valence-corrected chi connectivity index (χ4v) is 2.35. The van der Waals surface area contributed by atoms with Crippen molar-refractivity contribution in [2.75, 3.05) is 12.3 Å². The first kappa shape index (κ1) is 20.0. The standard InChI is InChI=1S/C18H12F4N4O3/c19-15-11(17(27)28)5-12(26-16(15)13-6-25-14(23)7-24-13)9-1-3-10(4-2-9)29-8-18(20,21)22/h1-7H,8H2,(H2,23,25)(H,27,28). The van der Waals surface area contributed by atoms with Gasteiger partial charge in [0, 0.05) is 5.56 Å². The molecule has 150 valence electrons. The molecule has 11 heteroatoms. The lowest BCUT2D eigenvalue weighted by Crippen LogP contribution is -2.19. The molecule has 1 aromatic carbocycles. The summed E-state index contributed by atoms with van der Waals surface area (Å²) in [5.74, 6) is -2.60. The average molecular weight is 408 g/mol. The number of nitrogens with zero attached hydrogens (tertiary/aromatic N) is 3. The van der Waals surface area contributed by atoms with E-state index in [9.17, 15) is 27.5 Å². The first-order chi connectivity index (χ1) is 13.6. The summed E-state index contributed by atoms with van der Waals surface area (Å²) in [4.78, 5) is 23.2. The van der Waals surface area contributed by atoms with Crippen molar-refractivity contribution in [2.24, 2.45) is 0 Å². The van der Waals surface area contributed by atoms with Crippen molar-refractivity contribution in [3.63, 3.8) is 0 Å². The van der Waals surface area contributed by atoms with Crippen LogP contribution in [0.4, 0.5) is 23.4 Å². The molecule has 0 aliphatic rings. The number of carboxylic acid groups (broad SMARTS) is 1. The molecule has 0 aliphatic carbocycles. The molecule has 3 N–H and O–H groups in total. The number of aromatic carboxylic acids is 1. The number of halogens is 4. The Hall–Kier alpha value is -3.76. The van der Waals surface area contributed by atoms with E-state index >= 15 is 0 Å². The molecule has 0 saturated carbocycles. The maximum Gasteiger partial charge on any atom is 0.422 e. The van der Waals surface area contributed by atoms with Gasteiger partial charge in [-0.3, -0.25) is 0 Å². The molecule has 29 heavy (non-hydrogen) atoms. The molecule has 0 amide bonds. The van der Waals surface area contributed by atoms with Gasteiger partial charge in [0.25, 0.3) is 0 Å². The molecular formula is C18H12F4N4O3. The topological polar surface area (TPSA) is 111 Å². The highest BCUT2D eigenvalue weighted by atomic mass is 19.4. The number of aromatic nitrogens is 3. The van der Waals surface area contributed by atoms with Crippen LogP contribution in [0.3, 0.4) is 0 Å². The monoisotopic (exact) mass is 408 g/mol. The third-order valence-electron chi connectivity index (χ3n) is 3.66. The maximum atomic E-state index is 14.6. The van der Waals surface area contributed by atoms with Crippen molar-refractivity contribution in [2.45, 2.75) is 6.18 Å². The van der Waals surface area contributed by atoms with Crippen LogP contribution in [0.15, 0.2) is 42.7 Å². The van der Waals surface area contributed by atoms with Gasteiger partial charge in [0.05, 0.1) is 23.7 Å². The van der Waals surface area contributed by atoms with Crippen molar-refractivity contribution in [1.29, 1.82) is 0 Å². The van der Waals surface area contributed by atoms with Crippen LogP contribution < -0.4 is 10.5 Å². The molecule has 0 radical (unpaired) electrons. The molecule has 0 atom stereocenters. The minimum absolute atomic E-state index is 0.0359. The molecule has 3 aromatic rings. The zero-order chi connectivity index (χ0) is 21.2. The normalized spacial score (nSPS) is 11.3. The largest absolute Gasteiger partial charge is 0.484 e. The van der Waals surface area contributed by atoms with Crippen LogP contribution in [0.25, 0.3) is 22.6 Å². The van der Waals surface area contributed by atoms with Gasteiger partial charge in [-0.25, -0.2) is 24.1 Å². The molecule has 0 spiro atoms. The number of alkyl halides is 3. The summed E-state index contributed by atoms with van der Waals surface area (Å²) in [7, 11) is 0. The Kier molecular flexibility index (Phi) is 5.31. The van der Waals surface area contributed by atoms with Gasteiger partial charge in [-0.2, -0.15) is 13.2 Å². The van der Waals surface area contributed by atoms with Crippen LogP contribution in [0.2, 0.25) is 0 Å². The van der Waals surface area contributed by atoms with Gasteiger partial charge in [-0.05, 0) is 30.3 Å². The van der Waals surface area contributed by atoms with Crippen LogP contribution in [-0.4, -0.2) is 38.8 Å². The van der Waals surface area contributed by atoms with E-state index in [1.54, 1.807) is 0 Å². The van der Waals surface area contributed by atoms with Gasteiger partial charge < -0.3 is 15.6 Å². The molecular weight excluding hydrogens is 396 g/mol. The number of anilines is 1. The molecule has 2 aromatic heterocycles. The summed E-state index contributed by atoms with van der Waals surface area (Å²) >= 11 is 0. The van der Waals surface area contributed by atoms with E-state index in [2.05, 4.69) is 19.7 Å². The number of rotatable bonds is 5. The number of carbonyl (C=O) groups is 1.